The Balaban J connectivity index is 1.62. The summed E-state index contributed by atoms with van der Waals surface area (Å²) in [6, 6.07) is 14.4. The number of ether oxygens (including phenoxy) is 2. The van der Waals surface area contributed by atoms with Crippen LogP contribution >= 0.6 is 0 Å². The minimum absolute atomic E-state index is 0.0895. The van der Waals surface area contributed by atoms with E-state index in [4.69, 9.17) is 9.47 Å². The molecule has 1 amide bonds. The molecule has 0 saturated heterocycles. The van der Waals surface area contributed by atoms with Crippen molar-refractivity contribution in [2.75, 3.05) is 18.5 Å². The van der Waals surface area contributed by atoms with E-state index >= 15 is 0 Å². The van der Waals surface area contributed by atoms with Gasteiger partial charge in [0.15, 0.2) is 0 Å². The predicted molar refractivity (Wildman–Crippen MR) is 90.2 cm³/mol. The summed E-state index contributed by atoms with van der Waals surface area (Å²) in [6.45, 7) is 2.46. The van der Waals surface area contributed by atoms with Gasteiger partial charge in [-0.1, -0.05) is 18.2 Å². The number of esters is 1. The number of amides is 1. The zero-order valence-corrected chi connectivity index (χ0v) is 13.5. The molecule has 1 aliphatic heterocycles. The molecule has 3 rings (SSSR count). The number of carbonyl (C=O) groups excluding carboxylic acids is 2. The minimum atomic E-state index is -0.368. The number of benzene rings is 2. The molecule has 2 aromatic rings. The fourth-order valence-corrected chi connectivity index (χ4v) is 2.64. The maximum absolute atomic E-state index is 12.4. The van der Waals surface area contributed by atoms with Crippen molar-refractivity contribution >= 4 is 17.6 Å². The smallest absolute Gasteiger partial charge is 0.338 e. The van der Waals surface area contributed by atoms with Crippen molar-refractivity contribution in [1.29, 1.82) is 0 Å². The van der Waals surface area contributed by atoms with Gasteiger partial charge in [-0.05, 0) is 49.2 Å². The quantitative estimate of drug-likeness (QED) is 0.878. The van der Waals surface area contributed by atoms with Gasteiger partial charge in [0.1, 0.15) is 12.4 Å². The third-order valence-corrected chi connectivity index (χ3v) is 3.91. The number of rotatable bonds is 4. The Bertz CT molecular complexity index is 739. The summed E-state index contributed by atoms with van der Waals surface area (Å²) >= 11 is 0. The van der Waals surface area contributed by atoms with E-state index in [0.29, 0.717) is 30.9 Å². The van der Waals surface area contributed by atoms with E-state index in [1.165, 1.54) is 0 Å². The van der Waals surface area contributed by atoms with Gasteiger partial charge < -0.3 is 14.8 Å². The molecule has 0 radical (unpaired) electrons. The Morgan fingerprint density at radius 2 is 1.92 bits per heavy atom. The van der Waals surface area contributed by atoms with Crippen molar-refractivity contribution in [3.63, 3.8) is 0 Å². The van der Waals surface area contributed by atoms with Gasteiger partial charge in [0.2, 0.25) is 5.91 Å². The number of nitrogens with one attached hydrogen (secondary N) is 1. The van der Waals surface area contributed by atoms with E-state index in [0.717, 1.165) is 11.3 Å². The van der Waals surface area contributed by atoms with Crippen molar-refractivity contribution in [2.45, 2.75) is 13.3 Å². The molecule has 24 heavy (non-hydrogen) atoms. The summed E-state index contributed by atoms with van der Waals surface area (Å²) in [6.07, 6.45) is 0.656. The molecule has 0 aliphatic carbocycles. The van der Waals surface area contributed by atoms with Gasteiger partial charge in [0, 0.05) is 5.69 Å². The number of carbonyl (C=O) groups is 2. The molecule has 0 fully saturated rings. The highest BCUT2D eigenvalue weighted by Gasteiger charge is 2.25. The Kier molecular flexibility index (Phi) is 4.79. The zero-order chi connectivity index (χ0) is 16.9. The lowest BCUT2D eigenvalue weighted by atomic mass is 9.96. The number of hydrogen-bond acceptors (Lipinski definition) is 4. The molecule has 0 unspecified atom stereocenters. The number of hydrogen-bond donors (Lipinski definition) is 1. The SMILES string of the molecule is CCOC(=O)c1ccc(NC(=O)[C@@H]2COc3ccccc3C2)cc1. The average molecular weight is 325 g/mol. The molecular formula is C19H19NO4. The van der Waals surface area contributed by atoms with Crippen LogP contribution in [0.25, 0.3) is 0 Å². The van der Waals surface area contributed by atoms with Gasteiger partial charge in [-0.25, -0.2) is 4.79 Å². The van der Waals surface area contributed by atoms with Crippen molar-refractivity contribution in [3.8, 4) is 5.75 Å². The largest absolute Gasteiger partial charge is 0.492 e. The highest BCUT2D eigenvalue weighted by molar-refractivity contribution is 5.94. The summed E-state index contributed by atoms with van der Waals surface area (Å²) in [7, 11) is 0. The fourth-order valence-electron chi connectivity index (χ4n) is 2.64. The summed E-state index contributed by atoms with van der Waals surface area (Å²) in [5, 5.41) is 2.87. The third kappa shape index (κ3) is 3.56. The normalized spacial score (nSPS) is 15.8. The molecule has 0 aromatic heterocycles. The van der Waals surface area contributed by atoms with E-state index in [2.05, 4.69) is 5.32 Å². The molecule has 1 heterocycles. The first-order valence-corrected chi connectivity index (χ1v) is 7.96. The highest BCUT2D eigenvalue weighted by atomic mass is 16.5. The van der Waals surface area contributed by atoms with Gasteiger partial charge in [-0.3, -0.25) is 4.79 Å². The molecule has 1 N–H and O–H groups in total. The van der Waals surface area contributed by atoms with E-state index in [-0.39, 0.29) is 17.8 Å². The minimum Gasteiger partial charge on any atom is -0.492 e. The Labute approximate surface area is 140 Å². The van der Waals surface area contributed by atoms with Gasteiger partial charge in [-0.2, -0.15) is 0 Å². The predicted octanol–water partition coefficient (Wildman–Crippen LogP) is 3.05. The second-order valence-corrected chi connectivity index (χ2v) is 5.61. The molecule has 1 atom stereocenters. The van der Waals surface area contributed by atoms with Crippen molar-refractivity contribution in [1.82, 2.24) is 0 Å². The second kappa shape index (κ2) is 7.17. The summed E-state index contributed by atoms with van der Waals surface area (Å²) in [4.78, 5) is 24.0. The van der Waals surface area contributed by atoms with Crippen molar-refractivity contribution in [2.24, 2.45) is 5.92 Å². The van der Waals surface area contributed by atoms with Gasteiger partial charge in [0.05, 0.1) is 18.1 Å². The maximum Gasteiger partial charge on any atom is 0.338 e. The van der Waals surface area contributed by atoms with Gasteiger partial charge in [0.25, 0.3) is 0 Å². The lowest BCUT2D eigenvalue weighted by molar-refractivity contribution is -0.121. The lowest BCUT2D eigenvalue weighted by Gasteiger charge is -2.24. The second-order valence-electron chi connectivity index (χ2n) is 5.61. The molecule has 0 spiro atoms. The Morgan fingerprint density at radius 3 is 2.67 bits per heavy atom. The van der Waals surface area contributed by atoms with Gasteiger partial charge in [-0.15, -0.1) is 0 Å². The molecular weight excluding hydrogens is 306 g/mol. The van der Waals surface area contributed by atoms with Crippen LogP contribution in [-0.4, -0.2) is 25.1 Å². The van der Waals surface area contributed by atoms with Crippen LogP contribution in [0.3, 0.4) is 0 Å². The topological polar surface area (TPSA) is 64.6 Å². The van der Waals surface area contributed by atoms with E-state index in [1.807, 2.05) is 24.3 Å². The summed E-state index contributed by atoms with van der Waals surface area (Å²) < 4.78 is 10.6. The lowest BCUT2D eigenvalue weighted by Crippen LogP contribution is -2.32. The monoisotopic (exact) mass is 325 g/mol. The van der Waals surface area contributed by atoms with Crippen LogP contribution in [-0.2, 0) is 16.0 Å². The molecule has 5 nitrogen and oxygen atoms in total. The number of para-hydroxylation sites is 1. The van der Waals surface area contributed by atoms with Crippen LogP contribution in [0.1, 0.15) is 22.8 Å². The molecule has 5 heteroatoms. The fraction of sp³-hybridized carbons (Fsp3) is 0.263. The molecule has 1 aliphatic rings. The highest BCUT2D eigenvalue weighted by Crippen LogP contribution is 2.27. The van der Waals surface area contributed by atoms with Crippen LogP contribution in [0, 0.1) is 5.92 Å². The zero-order valence-electron chi connectivity index (χ0n) is 13.5. The van der Waals surface area contributed by atoms with Crippen LogP contribution in [0.5, 0.6) is 5.75 Å². The molecule has 2 aromatic carbocycles. The van der Waals surface area contributed by atoms with E-state index in [1.54, 1.807) is 31.2 Å². The summed E-state index contributed by atoms with van der Waals surface area (Å²) in [5.74, 6) is 0.158. The van der Waals surface area contributed by atoms with Gasteiger partial charge >= 0.3 is 5.97 Å². The van der Waals surface area contributed by atoms with Crippen molar-refractivity contribution < 1.29 is 19.1 Å². The molecule has 124 valence electrons. The third-order valence-electron chi connectivity index (χ3n) is 3.91. The number of fused-ring (bicyclic) bond motifs is 1. The van der Waals surface area contributed by atoms with Crippen LogP contribution in [0.4, 0.5) is 5.69 Å². The summed E-state index contributed by atoms with van der Waals surface area (Å²) in [5.41, 5.74) is 2.15. The Morgan fingerprint density at radius 1 is 1.17 bits per heavy atom. The first kappa shape index (κ1) is 16.1. The first-order chi connectivity index (χ1) is 11.7. The Hall–Kier alpha value is -2.82. The average Bonchev–Trinajstić information content (AvgIpc) is 2.62. The van der Waals surface area contributed by atoms with E-state index in [9.17, 15) is 9.59 Å². The van der Waals surface area contributed by atoms with E-state index < -0.39 is 0 Å². The van der Waals surface area contributed by atoms with Crippen LogP contribution in [0.2, 0.25) is 0 Å². The molecule has 0 bridgehead atoms. The maximum atomic E-state index is 12.4. The molecule has 0 saturated carbocycles. The van der Waals surface area contributed by atoms with Crippen LogP contribution < -0.4 is 10.1 Å². The standard InChI is InChI=1S/C19H19NO4/c1-2-23-19(22)13-7-9-16(10-8-13)20-18(21)15-11-14-5-3-4-6-17(14)24-12-15/h3-10,15H,2,11-12H2,1H3,(H,20,21)/t15-/m0/s1. The first-order valence-electron chi connectivity index (χ1n) is 7.96. The van der Waals surface area contributed by atoms with Crippen LogP contribution in [0.15, 0.2) is 48.5 Å². The van der Waals surface area contributed by atoms with Crippen molar-refractivity contribution in [3.05, 3.63) is 59.7 Å². The number of anilines is 1.